The molecule has 0 bridgehead atoms. The highest BCUT2D eigenvalue weighted by atomic mass is 35.5. The summed E-state index contributed by atoms with van der Waals surface area (Å²) in [5, 5.41) is 2.00. The summed E-state index contributed by atoms with van der Waals surface area (Å²) >= 11 is 10.3. The van der Waals surface area contributed by atoms with E-state index in [0.29, 0.717) is 0 Å². The SMILES string of the molecule is CCn1cc(CS)c2cc(Cl)ccc21. The quantitative estimate of drug-likeness (QED) is 0.743. The van der Waals surface area contributed by atoms with E-state index in [1.165, 1.54) is 16.5 Å². The molecule has 0 amide bonds. The number of hydrogen-bond donors (Lipinski definition) is 1. The third-order valence-electron chi connectivity index (χ3n) is 2.44. The van der Waals surface area contributed by atoms with Gasteiger partial charge in [0.2, 0.25) is 0 Å². The van der Waals surface area contributed by atoms with Gasteiger partial charge in [0, 0.05) is 34.4 Å². The molecule has 0 aliphatic rings. The van der Waals surface area contributed by atoms with E-state index < -0.39 is 0 Å². The minimum atomic E-state index is 0.754. The fourth-order valence-corrected chi connectivity index (χ4v) is 2.15. The van der Waals surface area contributed by atoms with Crippen LogP contribution in [0.2, 0.25) is 5.02 Å². The Morgan fingerprint density at radius 2 is 2.21 bits per heavy atom. The van der Waals surface area contributed by atoms with Crippen LogP contribution in [0, 0.1) is 0 Å². The molecule has 1 nitrogen and oxygen atoms in total. The maximum atomic E-state index is 5.97. The summed E-state index contributed by atoms with van der Waals surface area (Å²) in [6.45, 7) is 3.11. The number of fused-ring (bicyclic) bond motifs is 1. The molecular weight excluding hydrogens is 214 g/mol. The first-order valence-electron chi connectivity index (χ1n) is 4.64. The zero-order valence-corrected chi connectivity index (χ0v) is 9.65. The van der Waals surface area contributed by atoms with Gasteiger partial charge in [-0.1, -0.05) is 11.6 Å². The molecule has 3 heteroatoms. The summed E-state index contributed by atoms with van der Waals surface area (Å²) in [4.78, 5) is 0. The van der Waals surface area contributed by atoms with Crippen LogP contribution in [0.4, 0.5) is 0 Å². The van der Waals surface area contributed by atoms with E-state index in [1.54, 1.807) is 0 Å². The molecule has 0 N–H and O–H groups in total. The van der Waals surface area contributed by atoms with Crippen LogP contribution >= 0.6 is 24.2 Å². The van der Waals surface area contributed by atoms with Crippen molar-refractivity contribution in [2.75, 3.05) is 0 Å². The fourth-order valence-electron chi connectivity index (χ4n) is 1.73. The van der Waals surface area contributed by atoms with Crippen LogP contribution in [0.5, 0.6) is 0 Å². The number of thiol groups is 1. The Kier molecular flexibility index (Phi) is 2.75. The third kappa shape index (κ3) is 1.53. The van der Waals surface area contributed by atoms with Crippen molar-refractivity contribution in [2.24, 2.45) is 0 Å². The van der Waals surface area contributed by atoms with Gasteiger partial charge in [-0.05, 0) is 30.7 Å². The molecule has 74 valence electrons. The van der Waals surface area contributed by atoms with Crippen molar-refractivity contribution in [2.45, 2.75) is 19.2 Å². The Hall–Kier alpha value is -0.600. The van der Waals surface area contributed by atoms with E-state index in [4.69, 9.17) is 11.6 Å². The highest BCUT2D eigenvalue weighted by Crippen LogP contribution is 2.25. The average Bonchev–Trinajstić information content (AvgIpc) is 2.55. The molecule has 1 aromatic carbocycles. The van der Waals surface area contributed by atoms with E-state index in [-0.39, 0.29) is 0 Å². The van der Waals surface area contributed by atoms with Crippen LogP contribution in [-0.2, 0) is 12.3 Å². The fraction of sp³-hybridized carbons (Fsp3) is 0.273. The number of benzene rings is 1. The zero-order valence-electron chi connectivity index (χ0n) is 8.00. The van der Waals surface area contributed by atoms with Crippen molar-refractivity contribution in [1.82, 2.24) is 4.57 Å². The Labute approximate surface area is 94.1 Å². The first kappa shape index (κ1) is 9.94. The average molecular weight is 226 g/mol. The lowest BCUT2D eigenvalue weighted by atomic mass is 10.2. The molecule has 1 heterocycles. The first-order valence-corrected chi connectivity index (χ1v) is 5.65. The highest BCUT2D eigenvalue weighted by Gasteiger charge is 2.06. The number of aryl methyl sites for hydroxylation is 1. The van der Waals surface area contributed by atoms with Gasteiger partial charge in [-0.2, -0.15) is 12.6 Å². The van der Waals surface area contributed by atoms with Crippen molar-refractivity contribution in [3.05, 3.63) is 35.0 Å². The van der Waals surface area contributed by atoms with Crippen LogP contribution in [0.3, 0.4) is 0 Å². The lowest BCUT2D eigenvalue weighted by Crippen LogP contribution is -1.89. The summed E-state index contributed by atoms with van der Waals surface area (Å²) in [6, 6.07) is 6.00. The van der Waals surface area contributed by atoms with Crippen molar-refractivity contribution in [3.63, 3.8) is 0 Å². The molecule has 2 aromatic rings. The number of rotatable bonds is 2. The molecule has 0 fully saturated rings. The summed E-state index contributed by atoms with van der Waals surface area (Å²) in [5.74, 6) is 0.754. The predicted octanol–water partition coefficient (Wildman–Crippen LogP) is 3.74. The second-order valence-corrected chi connectivity index (χ2v) is 4.01. The van der Waals surface area contributed by atoms with Crippen LogP contribution in [0.1, 0.15) is 12.5 Å². The largest absolute Gasteiger partial charge is 0.347 e. The smallest absolute Gasteiger partial charge is 0.0484 e. The molecule has 14 heavy (non-hydrogen) atoms. The monoisotopic (exact) mass is 225 g/mol. The van der Waals surface area contributed by atoms with E-state index >= 15 is 0 Å². The van der Waals surface area contributed by atoms with Crippen LogP contribution in [0.15, 0.2) is 24.4 Å². The van der Waals surface area contributed by atoms with E-state index in [2.05, 4.69) is 36.4 Å². The minimum absolute atomic E-state index is 0.754. The number of hydrogen-bond acceptors (Lipinski definition) is 1. The molecule has 1 aromatic heterocycles. The van der Waals surface area contributed by atoms with Gasteiger partial charge >= 0.3 is 0 Å². The van der Waals surface area contributed by atoms with Gasteiger partial charge in [0.15, 0.2) is 0 Å². The topological polar surface area (TPSA) is 4.93 Å². The molecule has 0 radical (unpaired) electrons. The van der Waals surface area contributed by atoms with Crippen molar-refractivity contribution in [3.8, 4) is 0 Å². The van der Waals surface area contributed by atoms with Crippen molar-refractivity contribution < 1.29 is 0 Å². The summed E-state index contributed by atoms with van der Waals surface area (Å²) < 4.78 is 2.22. The summed E-state index contributed by atoms with van der Waals surface area (Å²) in [6.07, 6.45) is 2.15. The molecule has 0 aliphatic carbocycles. The maximum absolute atomic E-state index is 5.97. The molecule has 2 rings (SSSR count). The molecule has 0 saturated carbocycles. The van der Waals surface area contributed by atoms with Crippen LogP contribution in [0.25, 0.3) is 10.9 Å². The van der Waals surface area contributed by atoms with Gasteiger partial charge in [0.25, 0.3) is 0 Å². The van der Waals surface area contributed by atoms with Gasteiger partial charge in [-0.3, -0.25) is 0 Å². The van der Waals surface area contributed by atoms with Crippen LogP contribution < -0.4 is 0 Å². The minimum Gasteiger partial charge on any atom is -0.347 e. The molecule has 0 aliphatic heterocycles. The zero-order chi connectivity index (χ0) is 10.1. The molecular formula is C11H12ClNS. The van der Waals surface area contributed by atoms with Crippen LogP contribution in [-0.4, -0.2) is 4.57 Å². The van der Waals surface area contributed by atoms with Gasteiger partial charge in [0.05, 0.1) is 0 Å². The second-order valence-electron chi connectivity index (χ2n) is 3.26. The van der Waals surface area contributed by atoms with E-state index in [1.807, 2.05) is 12.1 Å². The number of aromatic nitrogens is 1. The first-order chi connectivity index (χ1) is 6.76. The third-order valence-corrected chi connectivity index (χ3v) is 3.01. The molecule has 0 atom stereocenters. The number of nitrogens with zero attached hydrogens (tertiary/aromatic N) is 1. The standard InChI is InChI=1S/C11H12ClNS/c1-2-13-6-8(7-14)10-5-9(12)3-4-11(10)13/h3-6,14H,2,7H2,1H3. The normalized spacial score (nSPS) is 11.1. The van der Waals surface area contributed by atoms with Gasteiger partial charge in [-0.15, -0.1) is 0 Å². The summed E-state index contributed by atoms with van der Waals surface area (Å²) in [5.41, 5.74) is 2.48. The van der Waals surface area contributed by atoms with Crippen molar-refractivity contribution >= 4 is 35.1 Å². The number of halogens is 1. The Morgan fingerprint density at radius 3 is 2.86 bits per heavy atom. The van der Waals surface area contributed by atoms with E-state index in [0.717, 1.165) is 17.3 Å². The summed E-state index contributed by atoms with van der Waals surface area (Å²) in [7, 11) is 0. The van der Waals surface area contributed by atoms with Crippen molar-refractivity contribution in [1.29, 1.82) is 0 Å². The Morgan fingerprint density at radius 1 is 1.43 bits per heavy atom. The second kappa shape index (κ2) is 3.87. The molecule has 0 spiro atoms. The highest BCUT2D eigenvalue weighted by molar-refractivity contribution is 7.79. The predicted molar refractivity (Wildman–Crippen MR) is 65.3 cm³/mol. The lowest BCUT2D eigenvalue weighted by molar-refractivity contribution is 0.795. The molecule has 0 unspecified atom stereocenters. The lowest BCUT2D eigenvalue weighted by Gasteiger charge is -1.99. The van der Waals surface area contributed by atoms with Gasteiger partial charge < -0.3 is 4.57 Å². The van der Waals surface area contributed by atoms with E-state index in [9.17, 15) is 0 Å². The molecule has 0 saturated heterocycles. The maximum Gasteiger partial charge on any atom is 0.0484 e. The van der Waals surface area contributed by atoms with Gasteiger partial charge in [0.1, 0.15) is 0 Å². The Bertz CT molecular complexity index is 462. The van der Waals surface area contributed by atoms with Gasteiger partial charge in [-0.25, -0.2) is 0 Å². The Balaban J connectivity index is 2.75.